The van der Waals surface area contributed by atoms with E-state index in [2.05, 4.69) is 20.5 Å². The Labute approximate surface area is 233 Å². The van der Waals surface area contributed by atoms with Gasteiger partial charge in [-0.15, -0.1) is 13.2 Å². The fourth-order valence-corrected chi connectivity index (χ4v) is 5.14. The predicted molar refractivity (Wildman–Crippen MR) is 147 cm³/mol. The van der Waals surface area contributed by atoms with Gasteiger partial charge in [-0.25, -0.2) is 4.79 Å². The van der Waals surface area contributed by atoms with Crippen LogP contribution in [0.25, 0.3) is 10.9 Å². The molecular weight excluding hydrogens is 539 g/mol. The number of anilines is 2. The molecule has 1 unspecified atom stereocenters. The first-order valence-corrected chi connectivity index (χ1v) is 13.1. The van der Waals surface area contributed by atoms with Crippen LogP contribution in [0.5, 0.6) is 5.75 Å². The standard InChI is InChI=1S/C29H28F3N5O4/c30-29(31,32)41-22-12-11-20-14-21(17-36(26(20)15-22)13-5-8-19-6-2-1-3-7-19)34-28(40)35-24-9-4-10-25-23(24)16-33-37(25)18-27(38)39/h1-4,6-7,9-12,15-16,21H,5,8,13-14,17-18H2,(H,38,39)(H2,34,35,40). The maximum atomic E-state index is 13.0. The Bertz CT molecular complexity index is 1540. The Balaban J connectivity index is 1.30. The number of carboxylic acid groups (broad SMARTS) is 1. The summed E-state index contributed by atoms with van der Waals surface area (Å²) in [5, 5.41) is 19.6. The number of fused-ring (bicyclic) bond motifs is 2. The summed E-state index contributed by atoms with van der Waals surface area (Å²) in [6, 6.07) is 18.5. The van der Waals surface area contributed by atoms with E-state index >= 15 is 0 Å². The molecule has 0 bridgehead atoms. The zero-order valence-electron chi connectivity index (χ0n) is 21.9. The van der Waals surface area contributed by atoms with Crippen molar-refractivity contribution in [1.82, 2.24) is 15.1 Å². The van der Waals surface area contributed by atoms with Crippen LogP contribution in [-0.2, 0) is 24.2 Å². The van der Waals surface area contributed by atoms with E-state index in [1.54, 1.807) is 24.3 Å². The Morgan fingerprint density at radius 2 is 1.88 bits per heavy atom. The lowest BCUT2D eigenvalue weighted by Gasteiger charge is -2.37. The third kappa shape index (κ3) is 7.07. The number of benzene rings is 3. The van der Waals surface area contributed by atoms with Gasteiger partial charge in [0.1, 0.15) is 12.3 Å². The van der Waals surface area contributed by atoms with E-state index in [0.717, 1.165) is 24.0 Å². The molecule has 12 heteroatoms. The lowest BCUT2D eigenvalue weighted by atomic mass is 9.97. The molecule has 1 aliphatic rings. The second-order valence-corrected chi connectivity index (χ2v) is 9.81. The monoisotopic (exact) mass is 567 g/mol. The molecule has 0 saturated heterocycles. The van der Waals surface area contributed by atoms with Crippen LogP contribution in [0.4, 0.5) is 29.3 Å². The van der Waals surface area contributed by atoms with Crippen LogP contribution in [0.2, 0.25) is 0 Å². The van der Waals surface area contributed by atoms with Gasteiger partial charge >= 0.3 is 18.4 Å². The topological polar surface area (TPSA) is 109 Å². The molecule has 9 nitrogen and oxygen atoms in total. The molecule has 0 aliphatic carbocycles. The van der Waals surface area contributed by atoms with Crippen LogP contribution < -0.4 is 20.3 Å². The Kier molecular flexibility index (Phi) is 7.99. The van der Waals surface area contributed by atoms with Crippen molar-refractivity contribution in [2.75, 3.05) is 23.3 Å². The number of carbonyl (C=O) groups excluding carboxylic acids is 1. The zero-order chi connectivity index (χ0) is 29.0. The third-order valence-corrected chi connectivity index (χ3v) is 6.83. The van der Waals surface area contributed by atoms with E-state index < -0.39 is 18.4 Å². The number of nitrogens with zero attached hydrogens (tertiary/aromatic N) is 3. The van der Waals surface area contributed by atoms with Crippen molar-refractivity contribution in [2.45, 2.75) is 38.2 Å². The number of alkyl halides is 3. The second kappa shape index (κ2) is 11.8. The molecule has 3 N–H and O–H groups in total. The lowest BCUT2D eigenvalue weighted by Crippen LogP contribution is -2.49. The number of carbonyl (C=O) groups is 2. The van der Waals surface area contributed by atoms with Crippen molar-refractivity contribution < 1.29 is 32.6 Å². The molecule has 1 aromatic heterocycles. The quantitative estimate of drug-likeness (QED) is 0.257. The second-order valence-electron chi connectivity index (χ2n) is 9.81. The van der Waals surface area contributed by atoms with Gasteiger partial charge in [-0.3, -0.25) is 9.48 Å². The van der Waals surface area contributed by atoms with Crippen LogP contribution >= 0.6 is 0 Å². The molecule has 2 heterocycles. The molecule has 1 atom stereocenters. The molecule has 4 aromatic rings. The van der Waals surface area contributed by atoms with Crippen molar-refractivity contribution in [3.8, 4) is 5.75 Å². The molecule has 214 valence electrons. The van der Waals surface area contributed by atoms with Crippen molar-refractivity contribution in [1.29, 1.82) is 0 Å². The number of amides is 2. The smallest absolute Gasteiger partial charge is 0.480 e. The van der Waals surface area contributed by atoms with Crippen LogP contribution in [0, 0.1) is 0 Å². The summed E-state index contributed by atoms with van der Waals surface area (Å²) < 4.78 is 44.1. The summed E-state index contributed by atoms with van der Waals surface area (Å²) in [6.07, 6.45) is -1.32. The van der Waals surface area contributed by atoms with Crippen molar-refractivity contribution in [3.05, 3.63) is 84.1 Å². The van der Waals surface area contributed by atoms with E-state index in [9.17, 15) is 22.8 Å². The van der Waals surface area contributed by atoms with Crippen molar-refractivity contribution >= 4 is 34.3 Å². The first-order valence-electron chi connectivity index (χ1n) is 13.1. The number of hydrogen-bond donors (Lipinski definition) is 3. The minimum absolute atomic E-state index is 0.287. The van der Waals surface area contributed by atoms with Crippen LogP contribution in [0.3, 0.4) is 0 Å². The highest BCUT2D eigenvalue weighted by Crippen LogP contribution is 2.34. The van der Waals surface area contributed by atoms with Gasteiger partial charge < -0.3 is 25.4 Å². The van der Waals surface area contributed by atoms with Crippen molar-refractivity contribution in [3.63, 3.8) is 0 Å². The Morgan fingerprint density at radius 3 is 2.63 bits per heavy atom. The number of halogens is 3. The van der Waals surface area contributed by atoms with E-state index in [1.165, 1.54) is 23.0 Å². The van der Waals surface area contributed by atoms with Crippen molar-refractivity contribution in [2.24, 2.45) is 0 Å². The number of urea groups is 1. The average Bonchev–Trinajstić information content (AvgIpc) is 3.31. The predicted octanol–water partition coefficient (Wildman–Crippen LogP) is 5.21. The van der Waals surface area contributed by atoms with Gasteiger partial charge in [0.25, 0.3) is 0 Å². The van der Waals surface area contributed by atoms with E-state index in [1.807, 2.05) is 35.2 Å². The average molecular weight is 568 g/mol. The highest BCUT2D eigenvalue weighted by molar-refractivity contribution is 6.00. The number of ether oxygens (including phenoxy) is 1. The summed E-state index contributed by atoms with van der Waals surface area (Å²) >= 11 is 0. The van der Waals surface area contributed by atoms with E-state index in [0.29, 0.717) is 41.8 Å². The lowest BCUT2D eigenvalue weighted by molar-refractivity contribution is -0.274. The van der Waals surface area contributed by atoms with Crippen LogP contribution in [0.15, 0.2) is 72.9 Å². The van der Waals surface area contributed by atoms with Gasteiger partial charge in [0.05, 0.1) is 23.4 Å². The molecule has 0 spiro atoms. The first-order chi connectivity index (χ1) is 19.6. The third-order valence-electron chi connectivity index (χ3n) is 6.83. The maximum Gasteiger partial charge on any atom is 0.573 e. The molecule has 0 saturated carbocycles. The van der Waals surface area contributed by atoms with Gasteiger partial charge in [-0.2, -0.15) is 5.10 Å². The van der Waals surface area contributed by atoms with Crippen LogP contribution in [0.1, 0.15) is 17.5 Å². The number of aromatic nitrogens is 2. The van der Waals surface area contributed by atoms with E-state index in [-0.39, 0.29) is 18.3 Å². The zero-order valence-corrected chi connectivity index (χ0v) is 21.9. The summed E-state index contributed by atoms with van der Waals surface area (Å²) in [4.78, 5) is 26.1. The van der Waals surface area contributed by atoms with Gasteiger partial charge in [-0.05, 0) is 48.6 Å². The highest BCUT2D eigenvalue weighted by atomic mass is 19.4. The SMILES string of the molecule is O=C(O)Cn1ncc2c(NC(=O)NC3Cc4ccc(OC(F)(F)F)cc4N(CCCc4ccccc4)C3)cccc21. The Hall–Kier alpha value is -4.74. The van der Waals surface area contributed by atoms with Crippen LogP contribution in [-0.4, -0.2) is 52.4 Å². The number of rotatable bonds is 9. The fraction of sp³-hybridized carbons (Fsp3) is 0.276. The summed E-state index contributed by atoms with van der Waals surface area (Å²) in [7, 11) is 0. The van der Waals surface area contributed by atoms with Gasteiger partial charge in [0.15, 0.2) is 0 Å². The number of aryl methyl sites for hydroxylation is 1. The highest BCUT2D eigenvalue weighted by Gasteiger charge is 2.32. The molecule has 41 heavy (non-hydrogen) atoms. The number of aliphatic carboxylic acids is 1. The molecule has 0 radical (unpaired) electrons. The Morgan fingerprint density at radius 1 is 1.07 bits per heavy atom. The number of nitrogens with one attached hydrogen (secondary N) is 2. The fourth-order valence-electron chi connectivity index (χ4n) is 5.14. The molecule has 1 aliphatic heterocycles. The number of hydrogen-bond acceptors (Lipinski definition) is 5. The largest absolute Gasteiger partial charge is 0.573 e. The molecule has 3 aromatic carbocycles. The molecular formula is C29H28F3N5O4. The number of carboxylic acids is 1. The van der Waals surface area contributed by atoms with E-state index in [4.69, 9.17) is 5.11 Å². The summed E-state index contributed by atoms with van der Waals surface area (Å²) in [5.41, 5.74) is 3.65. The normalized spacial score (nSPS) is 14.9. The van der Waals surface area contributed by atoms with Gasteiger partial charge in [0.2, 0.25) is 0 Å². The van der Waals surface area contributed by atoms with Gasteiger partial charge in [0, 0.05) is 30.2 Å². The maximum absolute atomic E-state index is 13.0. The summed E-state index contributed by atoms with van der Waals surface area (Å²) in [5.74, 6) is -1.32. The minimum Gasteiger partial charge on any atom is -0.480 e. The minimum atomic E-state index is -4.80. The first kappa shape index (κ1) is 27.8. The molecule has 2 amide bonds. The van der Waals surface area contributed by atoms with Gasteiger partial charge in [-0.1, -0.05) is 42.5 Å². The molecule has 5 rings (SSSR count). The molecule has 0 fully saturated rings. The summed E-state index contributed by atoms with van der Waals surface area (Å²) in [6.45, 7) is 0.654.